The molecule has 0 fully saturated rings. The second-order valence-corrected chi connectivity index (χ2v) is 5.73. The molecule has 1 unspecified atom stereocenters. The lowest BCUT2D eigenvalue weighted by Gasteiger charge is -2.22. The standard InChI is InChI=1S/C9H20N2O5S/c1-7(2)11(3)17(14,15)10-6-8(16-4)5-9(12)13/h7-8,10H,5-6H2,1-4H3,(H,12,13). The molecule has 1 atom stereocenters. The predicted molar refractivity (Wildman–Crippen MR) is 62.9 cm³/mol. The second-order valence-electron chi connectivity index (χ2n) is 3.92. The lowest BCUT2D eigenvalue weighted by Crippen LogP contribution is -2.45. The highest BCUT2D eigenvalue weighted by Gasteiger charge is 2.22. The van der Waals surface area contributed by atoms with Crippen LogP contribution in [0.2, 0.25) is 0 Å². The maximum Gasteiger partial charge on any atom is 0.306 e. The van der Waals surface area contributed by atoms with Crippen molar-refractivity contribution in [1.29, 1.82) is 0 Å². The van der Waals surface area contributed by atoms with E-state index in [4.69, 9.17) is 9.84 Å². The summed E-state index contributed by atoms with van der Waals surface area (Å²) < 4.78 is 31.7. The van der Waals surface area contributed by atoms with E-state index in [9.17, 15) is 13.2 Å². The molecule has 0 saturated carbocycles. The lowest BCUT2D eigenvalue weighted by molar-refractivity contribution is -0.139. The van der Waals surface area contributed by atoms with Crippen LogP contribution in [0.1, 0.15) is 20.3 Å². The van der Waals surface area contributed by atoms with Gasteiger partial charge < -0.3 is 9.84 Å². The van der Waals surface area contributed by atoms with E-state index in [0.717, 1.165) is 0 Å². The maximum absolute atomic E-state index is 11.7. The molecule has 0 aromatic heterocycles. The molecule has 0 bridgehead atoms. The number of methoxy groups -OCH3 is 1. The smallest absolute Gasteiger partial charge is 0.306 e. The molecule has 0 aromatic rings. The molecule has 102 valence electrons. The van der Waals surface area contributed by atoms with Crippen LogP contribution in [0.25, 0.3) is 0 Å². The summed E-state index contributed by atoms with van der Waals surface area (Å²) in [5.74, 6) is -1.03. The first kappa shape index (κ1) is 16.3. The Labute approximate surface area is 102 Å². The third-order valence-corrected chi connectivity index (χ3v) is 4.05. The largest absolute Gasteiger partial charge is 0.481 e. The van der Waals surface area contributed by atoms with E-state index < -0.39 is 22.3 Å². The number of carboxylic acid groups (broad SMARTS) is 1. The van der Waals surface area contributed by atoms with Crippen LogP contribution in [0.3, 0.4) is 0 Å². The minimum atomic E-state index is -3.59. The fraction of sp³-hybridized carbons (Fsp3) is 0.889. The molecule has 17 heavy (non-hydrogen) atoms. The van der Waals surface area contributed by atoms with Crippen molar-refractivity contribution >= 4 is 16.2 Å². The highest BCUT2D eigenvalue weighted by molar-refractivity contribution is 7.87. The average Bonchev–Trinajstić information content (AvgIpc) is 2.22. The van der Waals surface area contributed by atoms with Crippen molar-refractivity contribution in [3.8, 4) is 0 Å². The first-order valence-corrected chi connectivity index (χ1v) is 6.62. The van der Waals surface area contributed by atoms with E-state index in [1.807, 2.05) is 0 Å². The SMILES string of the molecule is COC(CNS(=O)(=O)N(C)C(C)C)CC(=O)O. The van der Waals surface area contributed by atoms with E-state index in [0.29, 0.717) is 0 Å². The fourth-order valence-corrected chi connectivity index (χ4v) is 2.17. The first-order chi connectivity index (χ1) is 7.70. The second kappa shape index (κ2) is 6.90. The Morgan fingerprint density at radius 1 is 1.47 bits per heavy atom. The molecule has 0 aliphatic rings. The number of hydrogen-bond acceptors (Lipinski definition) is 4. The highest BCUT2D eigenvalue weighted by Crippen LogP contribution is 2.02. The van der Waals surface area contributed by atoms with Gasteiger partial charge in [-0.25, -0.2) is 0 Å². The summed E-state index contributed by atoms with van der Waals surface area (Å²) >= 11 is 0. The Morgan fingerprint density at radius 3 is 2.35 bits per heavy atom. The van der Waals surface area contributed by atoms with Gasteiger partial charge in [-0.2, -0.15) is 17.4 Å². The van der Waals surface area contributed by atoms with Gasteiger partial charge in [0.1, 0.15) is 0 Å². The summed E-state index contributed by atoms with van der Waals surface area (Å²) in [6.07, 6.45) is -0.924. The van der Waals surface area contributed by atoms with E-state index in [1.54, 1.807) is 13.8 Å². The molecule has 0 aliphatic carbocycles. The zero-order valence-corrected chi connectivity index (χ0v) is 11.3. The van der Waals surface area contributed by atoms with Crippen LogP contribution in [0.4, 0.5) is 0 Å². The summed E-state index contributed by atoms with van der Waals surface area (Å²) in [5.41, 5.74) is 0. The van der Waals surface area contributed by atoms with Crippen molar-refractivity contribution in [2.24, 2.45) is 0 Å². The number of carboxylic acids is 1. The van der Waals surface area contributed by atoms with Gasteiger partial charge in [0, 0.05) is 26.7 Å². The number of rotatable bonds is 8. The minimum absolute atomic E-state index is 0.0673. The van der Waals surface area contributed by atoms with Gasteiger partial charge in [-0.1, -0.05) is 0 Å². The van der Waals surface area contributed by atoms with Crippen molar-refractivity contribution in [2.45, 2.75) is 32.4 Å². The van der Waals surface area contributed by atoms with Crippen LogP contribution in [-0.2, 0) is 19.7 Å². The molecule has 8 heteroatoms. The Bertz CT molecular complexity index is 341. The fourth-order valence-electron chi connectivity index (χ4n) is 1.01. The molecule has 2 N–H and O–H groups in total. The van der Waals surface area contributed by atoms with Gasteiger partial charge >= 0.3 is 5.97 Å². The molecule has 7 nitrogen and oxygen atoms in total. The van der Waals surface area contributed by atoms with Crippen molar-refractivity contribution in [2.75, 3.05) is 20.7 Å². The molecular formula is C9H20N2O5S. The third-order valence-electron chi connectivity index (χ3n) is 2.34. The van der Waals surface area contributed by atoms with E-state index in [1.165, 1.54) is 18.5 Å². The Hall–Kier alpha value is -0.700. The number of hydrogen-bond donors (Lipinski definition) is 2. The van der Waals surface area contributed by atoms with Gasteiger partial charge in [0.15, 0.2) is 0 Å². The molecule has 0 heterocycles. The number of aliphatic carboxylic acids is 1. The monoisotopic (exact) mass is 268 g/mol. The number of carbonyl (C=O) groups is 1. The number of nitrogens with zero attached hydrogens (tertiary/aromatic N) is 1. The summed E-state index contributed by atoms with van der Waals surface area (Å²) in [7, 11) is -0.798. The van der Waals surface area contributed by atoms with E-state index in [-0.39, 0.29) is 19.0 Å². The molecule has 0 aromatic carbocycles. The van der Waals surface area contributed by atoms with Crippen molar-refractivity contribution in [1.82, 2.24) is 9.03 Å². The van der Waals surface area contributed by atoms with E-state index in [2.05, 4.69) is 4.72 Å². The Kier molecular flexibility index (Phi) is 6.61. The van der Waals surface area contributed by atoms with Gasteiger partial charge in [-0.3, -0.25) is 4.79 Å². The summed E-state index contributed by atoms with van der Waals surface area (Å²) in [5, 5.41) is 8.57. The van der Waals surface area contributed by atoms with Crippen LogP contribution < -0.4 is 4.72 Å². The van der Waals surface area contributed by atoms with Crippen molar-refractivity contribution in [3.63, 3.8) is 0 Å². The third kappa shape index (κ3) is 5.97. The van der Waals surface area contributed by atoms with Crippen molar-refractivity contribution < 1.29 is 23.1 Å². The zero-order chi connectivity index (χ0) is 13.6. The quantitative estimate of drug-likeness (QED) is 0.627. The zero-order valence-electron chi connectivity index (χ0n) is 10.5. The van der Waals surface area contributed by atoms with Crippen LogP contribution >= 0.6 is 0 Å². The van der Waals surface area contributed by atoms with Crippen LogP contribution in [0, 0.1) is 0 Å². The van der Waals surface area contributed by atoms with Crippen LogP contribution in [-0.4, -0.2) is 56.6 Å². The van der Waals surface area contributed by atoms with Gasteiger partial charge in [0.2, 0.25) is 0 Å². The summed E-state index contributed by atoms with van der Waals surface area (Å²) in [6, 6.07) is -0.173. The molecule has 0 spiro atoms. The van der Waals surface area contributed by atoms with Gasteiger partial charge in [-0.05, 0) is 13.8 Å². The van der Waals surface area contributed by atoms with E-state index >= 15 is 0 Å². The van der Waals surface area contributed by atoms with Gasteiger partial charge in [0.25, 0.3) is 10.2 Å². The predicted octanol–water partition coefficient (Wildman–Crippen LogP) is -0.349. The van der Waals surface area contributed by atoms with Crippen LogP contribution in [0.15, 0.2) is 0 Å². The van der Waals surface area contributed by atoms with Crippen LogP contribution in [0.5, 0.6) is 0 Å². The average molecular weight is 268 g/mol. The molecule has 0 radical (unpaired) electrons. The topological polar surface area (TPSA) is 95.9 Å². The number of nitrogens with one attached hydrogen (secondary N) is 1. The Balaban J connectivity index is 4.39. The molecule has 0 amide bonds. The molecule has 0 rings (SSSR count). The van der Waals surface area contributed by atoms with Gasteiger partial charge in [-0.15, -0.1) is 0 Å². The summed E-state index contributed by atoms with van der Waals surface area (Å²) in [4.78, 5) is 10.5. The lowest BCUT2D eigenvalue weighted by atomic mass is 10.2. The first-order valence-electron chi connectivity index (χ1n) is 5.18. The Morgan fingerprint density at radius 2 is 2.00 bits per heavy atom. The number of ether oxygens (including phenoxy) is 1. The summed E-state index contributed by atoms with van der Waals surface area (Å²) in [6.45, 7) is 3.41. The minimum Gasteiger partial charge on any atom is -0.481 e. The highest BCUT2D eigenvalue weighted by atomic mass is 32.2. The van der Waals surface area contributed by atoms with Gasteiger partial charge in [0.05, 0.1) is 12.5 Å². The maximum atomic E-state index is 11.7. The molecule has 0 saturated heterocycles. The molecular weight excluding hydrogens is 248 g/mol. The van der Waals surface area contributed by atoms with Crippen molar-refractivity contribution in [3.05, 3.63) is 0 Å². The normalized spacial score (nSPS) is 14.2. The molecule has 0 aliphatic heterocycles.